The van der Waals surface area contributed by atoms with Crippen LogP contribution in [0.2, 0.25) is 0 Å². The van der Waals surface area contributed by atoms with Gasteiger partial charge in [-0.15, -0.1) is 24.0 Å². The van der Waals surface area contributed by atoms with Crippen molar-refractivity contribution in [1.29, 1.82) is 0 Å². The smallest absolute Gasteiger partial charge is 0.188 e. The molecular formula is C20H27F2IN4O2. The van der Waals surface area contributed by atoms with E-state index in [1.165, 1.54) is 18.2 Å². The molecule has 0 spiro atoms. The van der Waals surface area contributed by atoms with Gasteiger partial charge in [-0.3, -0.25) is 0 Å². The molecule has 0 radical (unpaired) electrons. The Hall–Kier alpha value is -2.14. The van der Waals surface area contributed by atoms with Crippen molar-refractivity contribution in [2.24, 2.45) is 10.7 Å². The first-order valence-corrected chi connectivity index (χ1v) is 8.72. The summed E-state index contributed by atoms with van der Waals surface area (Å²) in [5.74, 6) is 0.215. The van der Waals surface area contributed by atoms with Gasteiger partial charge in [0.15, 0.2) is 17.5 Å². The van der Waals surface area contributed by atoms with Crippen LogP contribution in [0, 0.1) is 11.6 Å². The molecule has 29 heavy (non-hydrogen) atoms. The van der Waals surface area contributed by atoms with E-state index in [1.807, 2.05) is 12.1 Å². The van der Waals surface area contributed by atoms with Crippen molar-refractivity contribution in [1.82, 2.24) is 10.2 Å². The molecule has 2 aromatic rings. The van der Waals surface area contributed by atoms with E-state index in [0.717, 1.165) is 5.56 Å². The first kappa shape index (κ1) is 24.9. The quantitative estimate of drug-likeness (QED) is 0.318. The number of aliphatic imine (C=N–C) groups is 1. The topological polar surface area (TPSA) is 72.1 Å². The van der Waals surface area contributed by atoms with Gasteiger partial charge in [0.1, 0.15) is 11.6 Å². The highest BCUT2D eigenvalue weighted by Gasteiger charge is 2.22. The number of nitrogens with one attached hydrogen (secondary N) is 1. The van der Waals surface area contributed by atoms with Crippen LogP contribution in [0.1, 0.15) is 17.2 Å². The summed E-state index contributed by atoms with van der Waals surface area (Å²) in [6, 6.07) is 8.73. The minimum absolute atomic E-state index is 0. The Balaban J connectivity index is 0.00000420. The molecule has 0 saturated carbocycles. The zero-order chi connectivity index (χ0) is 20.7. The lowest BCUT2D eigenvalue weighted by atomic mass is 10.0. The van der Waals surface area contributed by atoms with Crippen LogP contribution in [0.5, 0.6) is 11.5 Å². The lowest BCUT2D eigenvalue weighted by molar-refractivity contribution is 0.283. The predicted molar refractivity (Wildman–Crippen MR) is 121 cm³/mol. The number of nitrogens with zero attached hydrogens (tertiary/aromatic N) is 2. The van der Waals surface area contributed by atoms with E-state index in [9.17, 15) is 8.78 Å². The van der Waals surface area contributed by atoms with E-state index in [2.05, 4.69) is 10.3 Å². The molecular weight excluding hydrogens is 493 g/mol. The van der Waals surface area contributed by atoms with Crippen LogP contribution in [-0.4, -0.2) is 45.7 Å². The third-order valence-electron chi connectivity index (χ3n) is 4.31. The zero-order valence-corrected chi connectivity index (χ0v) is 19.2. The Morgan fingerprint density at radius 3 is 2.28 bits per heavy atom. The van der Waals surface area contributed by atoms with Gasteiger partial charge in [-0.2, -0.15) is 0 Å². The van der Waals surface area contributed by atoms with Gasteiger partial charge >= 0.3 is 0 Å². The van der Waals surface area contributed by atoms with Crippen LogP contribution >= 0.6 is 24.0 Å². The second-order valence-corrected chi connectivity index (χ2v) is 6.39. The van der Waals surface area contributed by atoms with Gasteiger partial charge in [0.2, 0.25) is 0 Å². The van der Waals surface area contributed by atoms with Gasteiger partial charge in [0.25, 0.3) is 0 Å². The molecule has 0 aliphatic rings. The molecule has 0 aliphatic heterocycles. The second kappa shape index (κ2) is 11.8. The van der Waals surface area contributed by atoms with Crippen LogP contribution in [0.3, 0.4) is 0 Å². The summed E-state index contributed by atoms with van der Waals surface area (Å²) >= 11 is 0. The number of likely N-dealkylation sites (N-methyl/N-ethyl adjacent to an activating group) is 1. The lowest BCUT2D eigenvalue weighted by Gasteiger charge is -2.26. The largest absolute Gasteiger partial charge is 0.493 e. The highest BCUT2D eigenvalue weighted by molar-refractivity contribution is 14.0. The fourth-order valence-electron chi connectivity index (χ4n) is 2.78. The molecule has 160 valence electrons. The Labute approximate surface area is 187 Å². The number of hydrogen-bond donors (Lipinski definition) is 2. The standard InChI is InChI=1S/C20H26F2N4O2.HI/c1-26(2)16(19-14(21)6-5-7-15(19)22)12-25-20(23)24-11-13-8-9-17(27-3)18(10-13)28-4;/h5-10,16H,11-12H2,1-4H3,(H3,23,24,25);1H. The third kappa shape index (κ3) is 6.70. The number of hydrogen-bond acceptors (Lipinski definition) is 4. The Kier molecular flexibility index (Phi) is 10.1. The first-order chi connectivity index (χ1) is 13.4. The maximum atomic E-state index is 14.1. The molecule has 2 aromatic carbocycles. The van der Waals surface area contributed by atoms with Crippen molar-refractivity contribution in [3.05, 3.63) is 59.2 Å². The van der Waals surface area contributed by atoms with Crippen molar-refractivity contribution < 1.29 is 18.3 Å². The van der Waals surface area contributed by atoms with Crippen LogP contribution in [0.15, 0.2) is 41.4 Å². The number of benzene rings is 2. The highest BCUT2D eigenvalue weighted by atomic mass is 127. The van der Waals surface area contributed by atoms with Crippen LogP contribution in [0.4, 0.5) is 8.78 Å². The zero-order valence-electron chi connectivity index (χ0n) is 16.9. The number of rotatable bonds is 8. The average Bonchev–Trinajstić information content (AvgIpc) is 2.67. The van der Waals surface area contributed by atoms with Gasteiger partial charge in [0.05, 0.1) is 26.8 Å². The minimum Gasteiger partial charge on any atom is -0.493 e. The van der Waals surface area contributed by atoms with Crippen molar-refractivity contribution in [2.75, 3.05) is 34.9 Å². The van der Waals surface area contributed by atoms with Crippen LogP contribution in [0.25, 0.3) is 0 Å². The van der Waals surface area contributed by atoms with Gasteiger partial charge < -0.3 is 25.4 Å². The maximum absolute atomic E-state index is 14.1. The minimum atomic E-state index is -0.596. The van der Waals surface area contributed by atoms with Gasteiger partial charge in [-0.25, -0.2) is 13.8 Å². The summed E-state index contributed by atoms with van der Waals surface area (Å²) in [7, 11) is 6.62. The molecule has 1 unspecified atom stereocenters. The maximum Gasteiger partial charge on any atom is 0.188 e. The normalized spacial score (nSPS) is 12.3. The summed E-state index contributed by atoms with van der Waals surface area (Å²) in [6.07, 6.45) is 0. The molecule has 0 bridgehead atoms. The summed E-state index contributed by atoms with van der Waals surface area (Å²) in [5.41, 5.74) is 6.80. The number of halogens is 3. The van der Waals surface area contributed by atoms with E-state index in [4.69, 9.17) is 15.2 Å². The molecule has 0 saturated heterocycles. The summed E-state index contributed by atoms with van der Waals surface area (Å²) in [6.45, 7) is 0.520. The fourth-order valence-corrected chi connectivity index (χ4v) is 2.78. The van der Waals surface area contributed by atoms with Gasteiger partial charge in [0, 0.05) is 12.1 Å². The van der Waals surface area contributed by atoms with E-state index in [-0.39, 0.29) is 42.0 Å². The summed E-state index contributed by atoms with van der Waals surface area (Å²) in [4.78, 5) is 5.99. The van der Waals surface area contributed by atoms with Gasteiger partial charge in [-0.1, -0.05) is 12.1 Å². The van der Waals surface area contributed by atoms with Crippen molar-refractivity contribution in [3.63, 3.8) is 0 Å². The number of guanidine groups is 1. The molecule has 0 fully saturated rings. The highest BCUT2D eigenvalue weighted by Crippen LogP contribution is 2.28. The predicted octanol–water partition coefficient (Wildman–Crippen LogP) is 3.31. The van der Waals surface area contributed by atoms with E-state index in [1.54, 1.807) is 39.3 Å². The van der Waals surface area contributed by atoms with Crippen LogP contribution in [-0.2, 0) is 6.54 Å². The Morgan fingerprint density at radius 2 is 1.72 bits per heavy atom. The second-order valence-electron chi connectivity index (χ2n) is 6.39. The Morgan fingerprint density at radius 1 is 1.10 bits per heavy atom. The van der Waals surface area contributed by atoms with Crippen molar-refractivity contribution in [3.8, 4) is 11.5 Å². The van der Waals surface area contributed by atoms with Gasteiger partial charge in [-0.05, 0) is 43.9 Å². The molecule has 6 nitrogen and oxygen atoms in total. The lowest BCUT2D eigenvalue weighted by Crippen LogP contribution is -2.39. The number of nitrogens with two attached hydrogens (primary N) is 1. The van der Waals surface area contributed by atoms with Crippen molar-refractivity contribution >= 4 is 29.9 Å². The third-order valence-corrected chi connectivity index (χ3v) is 4.31. The molecule has 3 N–H and O–H groups in total. The van der Waals surface area contributed by atoms with E-state index in [0.29, 0.717) is 18.0 Å². The number of ether oxygens (including phenoxy) is 2. The number of methoxy groups -OCH3 is 2. The first-order valence-electron chi connectivity index (χ1n) is 8.72. The van der Waals surface area contributed by atoms with E-state index < -0.39 is 17.7 Å². The molecule has 0 amide bonds. The molecule has 1 atom stereocenters. The van der Waals surface area contributed by atoms with Crippen LogP contribution < -0.4 is 20.5 Å². The van der Waals surface area contributed by atoms with E-state index >= 15 is 0 Å². The fraction of sp³-hybridized carbons (Fsp3) is 0.350. The molecule has 0 aliphatic carbocycles. The molecule has 2 rings (SSSR count). The Bertz CT molecular complexity index is 814. The van der Waals surface area contributed by atoms with Crippen molar-refractivity contribution in [2.45, 2.75) is 12.6 Å². The molecule has 0 aromatic heterocycles. The average molecular weight is 520 g/mol. The summed E-state index contributed by atoms with van der Waals surface area (Å²) < 4.78 is 38.7. The monoisotopic (exact) mass is 520 g/mol. The SMILES string of the molecule is COc1ccc(CN=C(N)NCC(c2c(F)cccc2F)N(C)C)cc1OC.I. The molecule has 9 heteroatoms. The molecule has 0 heterocycles. The summed E-state index contributed by atoms with van der Waals surface area (Å²) in [5, 5.41) is 2.94.